The van der Waals surface area contributed by atoms with E-state index in [2.05, 4.69) is 5.32 Å². The first-order valence-corrected chi connectivity index (χ1v) is 3.99. The maximum Gasteiger partial charge on any atom is 0.409 e. The summed E-state index contributed by atoms with van der Waals surface area (Å²) < 4.78 is 0. The van der Waals surface area contributed by atoms with E-state index >= 15 is 0 Å². The minimum atomic E-state index is -1.14. The second kappa shape index (κ2) is 4.11. The average molecular weight is 201 g/mol. The Bertz CT molecular complexity index is 328. The van der Waals surface area contributed by atoms with E-state index in [0.717, 1.165) is 5.56 Å². The Morgan fingerprint density at radius 1 is 1.62 bits per heavy atom. The first-order chi connectivity index (χ1) is 6.13. The van der Waals surface area contributed by atoms with Gasteiger partial charge in [0.2, 0.25) is 0 Å². The van der Waals surface area contributed by atoms with Gasteiger partial charge in [0.15, 0.2) is 0 Å². The lowest BCUT2D eigenvalue weighted by molar-refractivity contribution is 0.210. The SMILES string of the molecule is NCc1ccc(NC(=O)O)c(Cl)c1. The molecule has 1 aromatic rings. The van der Waals surface area contributed by atoms with Gasteiger partial charge in [-0.1, -0.05) is 17.7 Å². The summed E-state index contributed by atoms with van der Waals surface area (Å²) in [4.78, 5) is 10.3. The Morgan fingerprint density at radius 3 is 2.77 bits per heavy atom. The van der Waals surface area contributed by atoms with Crippen LogP contribution >= 0.6 is 11.6 Å². The largest absolute Gasteiger partial charge is 0.465 e. The highest BCUT2D eigenvalue weighted by molar-refractivity contribution is 6.33. The summed E-state index contributed by atoms with van der Waals surface area (Å²) >= 11 is 5.77. The molecule has 70 valence electrons. The van der Waals surface area contributed by atoms with E-state index in [4.69, 9.17) is 22.4 Å². The third kappa shape index (κ3) is 2.61. The van der Waals surface area contributed by atoms with E-state index in [-0.39, 0.29) is 0 Å². The molecule has 0 bridgehead atoms. The molecule has 0 aliphatic rings. The predicted molar refractivity (Wildman–Crippen MR) is 51.0 cm³/mol. The lowest BCUT2D eigenvalue weighted by Crippen LogP contribution is -2.08. The topological polar surface area (TPSA) is 75.3 Å². The number of hydrogen-bond acceptors (Lipinski definition) is 2. The molecule has 0 radical (unpaired) electrons. The molecule has 0 saturated heterocycles. The number of carbonyl (C=O) groups is 1. The summed E-state index contributed by atoms with van der Waals surface area (Å²) in [7, 11) is 0. The molecule has 0 unspecified atom stereocenters. The van der Waals surface area contributed by atoms with Gasteiger partial charge in [-0.3, -0.25) is 5.32 Å². The molecule has 0 spiro atoms. The summed E-state index contributed by atoms with van der Waals surface area (Å²) in [6.45, 7) is 0.382. The van der Waals surface area contributed by atoms with Gasteiger partial charge in [-0.05, 0) is 17.7 Å². The van der Waals surface area contributed by atoms with E-state index in [1.54, 1.807) is 18.2 Å². The van der Waals surface area contributed by atoms with Gasteiger partial charge >= 0.3 is 6.09 Å². The molecule has 1 aromatic carbocycles. The molecule has 5 heteroatoms. The molecule has 4 nitrogen and oxygen atoms in total. The zero-order valence-electron chi connectivity index (χ0n) is 6.75. The molecule has 0 aliphatic carbocycles. The van der Waals surface area contributed by atoms with Crippen LogP contribution in [0, 0.1) is 0 Å². The van der Waals surface area contributed by atoms with Crippen molar-refractivity contribution in [1.82, 2.24) is 0 Å². The van der Waals surface area contributed by atoms with Crippen LogP contribution in [0.2, 0.25) is 5.02 Å². The lowest BCUT2D eigenvalue weighted by atomic mass is 10.2. The van der Waals surface area contributed by atoms with E-state index < -0.39 is 6.09 Å². The third-order valence-corrected chi connectivity index (χ3v) is 1.82. The number of hydrogen-bond donors (Lipinski definition) is 3. The normalized spacial score (nSPS) is 9.69. The Labute approximate surface area is 80.3 Å². The fraction of sp³-hybridized carbons (Fsp3) is 0.125. The summed E-state index contributed by atoms with van der Waals surface area (Å²) in [5, 5.41) is 10.9. The number of anilines is 1. The molecule has 0 heterocycles. The first kappa shape index (κ1) is 9.83. The summed E-state index contributed by atoms with van der Waals surface area (Å²) in [5.74, 6) is 0. The Hall–Kier alpha value is -1.26. The van der Waals surface area contributed by atoms with Crippen molar-refractivity contribution in [2.75, 3.05) is 5.32 Å². The molecule has 0 aliphatic heterocycles. The second-order valence-corrected chi connectivity index (χ2v) is 2.86. The second-order valence-electron chi connectivity index (χ2n) is 2.45. The van der Waals surface area contributed by atoms with Crippen LogP contribution in [0.25, 0.3) is 0 Å². The van der Waals surface area contributed by atoms with Crippen LogP contribution in [-0.2, 0) is 6.54 Å². The average Bonchev–Trinajstić information content (AvgIpc) is 2.08. The molecule has 0 atom stereocenters. The molecule has 0 saturated carbocycles. The number of nitrogens with two attached hydrogens (primary N) is 1. The van der Waals surface area contributed by atoms with Gasteiger partial charge in [0, 0.05) is 6.54 Å². The van der Waals surface area contributed by atoms with Crippen molar-refractivity contribution in [3.05, 3.63) is 28.8 Å². The predicted octanol–water partition coefficient (Wildman–Crippen LogP) is 1.89. The highest BCUT2D eigenvalue weighted by Crippen LogP contribution is 2.22. The van der Waals surface area contributed by atoms with Gasteiger partial charge in [-0.2, -0.15) is 0 Å². The van der Waals surface area contributed by atoms with Gasteiger partial charge in [-0.15, -0.1) is 0 Å². The Kier molecular flexibility index (Phi) is 3.11. The van der Waals surface area contributed by atoms with Crippen LogP contribution < -0.4 is 11.1 Å². The van der Waals surface area contributed by atoms with Gasteiger partial charge in [-0.25, -0.2) is 4.79 Å². The van der Waals surface area contributed by atoms with E-state index in [9.17, 15) is 4.79 Å². The van der Waals surface area contributed by atoms with Crippen LogP contribution in [0.5, 0.6) is 0 Å². The van der Waals surface area contributed by atoms with Crippen LogP contribution in [-0.4, -0.2) is 11.2 Å². The van der Waals surface area contributed by atoms with Gasteiger partial charge < -0.3 is 10.8 Å². The Morgan fingerprint density at radius 2 is 2.31 bits per heavy atom. The maximum atomic E-state index is 10.3. The van der Waals surface area contributed by atoms with Gasteiger partial charge in [0.1, 0.15) is 0 Å². The number of benzene rings is 1. The number of nitrogens with one attached hydrogen (secondary N) is 1. The summed E-state index contributed by atoms with van der Waals surface area (Å²) in [6.07, 6.45) is -1.14. The van der Waals surface area contributed by atoms with E-state index in [1.165, 1.54) is 0 Å². The number of amides is 1. The quantitative estimate of drug-likeness (QED) is 0.683. The highest BCUT2D eigenvalue weighted by atomic mass is 35.5. The van der Waals surface area contributed by atoms with E-state index in [1.807, 2.05) is 0 Å². The van der Waals surface area contributed by atoms with Crippen molar-refractivity contribution in [1.29, 1.82) is 0 Å². The fourth-order valence-corrected chi connectivity index (χ4v) is 1.15. The molecule has 1 rings (SSSR count). The standard InChI is InChI=1S/C8H9ClN2O2/c9-6-3-5(4-10)1-2-7(6)11-8(12)13/h1-3,11H,4,10H2,(H,12,13). The highest BCUT2D eigenvalue weighted by Gasteiger charge is 2.03. The lowest BCUT2D eigenvalue weighted by Gasteiger charge is -2.04. The number of halogens is 1. The molecule has 1 amide bonds. The smallest absolute Gasteiger partial charge is 0.409 e. The van der Waals surface area contributed by atoms with Gasteiger partial charge in [0.05, 0.1) is 10.7 Å². The molecule has 13 heavy (non-hydrogen) atoms. The molecule has 0 fully saturated rings. The zero-order valence-corrected chi connectivity index (χ0v) is 7.51. The fourth-order valence-electron chi connectivity index (χ4n) is 0.902. The van der Waals surface area contributed by atoms with Crippen LogP contribution in [0.15, 0.2) is 18.2 Å². The molecule has 4 N–H and O–H groups in total. The summed E-state index contributed by atoms with van der Waals surface area (Å²) in [5.41, 5.74) is 6.60. The molecule has 0 aromatic heterocycles. The van der Waals surface area contributed by atoms with E-state index in [0.29, 0.717) is 17.3 Å². The monoisotopic (exact) mass is 200 g/mol. The number of carboxylic acid groups (broad SMARTS) is 1. The number of rotatable bonds is 2. The Balaban J connectivity index is 2.91. The molecular formula is C8H9ClN2O2. The first-order valence-electron chi connectivity index (χ1n) is 3.62. The van der Waals surface area contributed by atoms with Crippen molar-refractivity contribution in [3.63, 3.8) is 0 Å². The van der Waals surface area contributed by atoms with Crippen molar-refractivity contribution in [2.24, 2.45) is 5.73 Å². The minimum absolute atomic E-state index is 0.352. The van der Waals surface area contributed by atoms with Crippen LogP contribution in [0.3, 0.4) is 0 Å². The van der Waals surface area contributed by atoms with Crippen LogP contribution in [0.1, 0.15) is 5.56 Å². The third-order valence-electron chi connectivity index (χ3n) is 1.51. The van der Waals surface area contributed by atoms with Crippen molar-refractivity contribution in [3.8, 4) is 0 Å². The minimum Gasteiger partial charge on any atom is -0.465 e. The van der Waals surface area contributed by atoms with Crippen molar-refractivity contribution in [2.45, 2.75) is 6.54 Å². The van der Waals surface area contributed by atoms with Crippen molar-refractivity contribution < 1.29 is 9.90 Å². The summed E-state index contributed by atoms with van der Waals surface area (Å²) in [6, 6.07) is 4.93. The van der Waals surface area contributed by atoms with Gasteiger partial charge in [0.25, 0.3) is 0 Å². The molecular weight excluding hydrogens is 192 g/mol. The van der Waals surface area contributed by atoms with Crippen molar-refractivity contribution >= 4 is 23.4 Å². The zero-order chi connectivity index (χ0) is 9.84. The maximum absolute atomic E-state index is 10.3. The van der Waals surface area contributed by atoms with Crippen LogP contribution in [0.4, 0.5) is 10.5 Å².